The van der Waals surface area contributed by atoms with Crippen LogP contribution in [0, 0.1) is 0 Å². The van der Waals surface area contributed by atoms with Crippen LogP contribution in [0.3, 0.4) is 0 Å². The SMILES string of the molecule is C[C@]12CCC(=O)N1[C@H]1CCCC[C@@H]1[NH2+]2. The Bertz CT molecular complexity index is 278. The van der Waals surface area contributed by atoms with E-state index < -0.39 is 0 Å². The normalized spacial score (nSPS) is 46.6. The number of nitrogens with zero attached hydrogens (tertiary/aromatic N) is 1. The smallest absolute Gasteiger partial charge is 0.228 e. The van der Waals surface area contributed by atoms with Crippen LogP contribution in [-0.2, 0) is 4.79 Å². The van der Waals surface area contributed by atoms with Gasteiger partial charge in [0.05, 0.1) is 6.04 Å². The molecule has 2 aliphatic heterocycles. The predicted octanol–water partition coefficient (Wildman–Crippen LogP) is 0.213. The largest absolute Gasteiger partial charge is 0.320 e. The van der Waals surface area contributed by atoms with Crippen molar-refractivity contribution < 1.29 is 10.1 Å². The number of nitrogens with two attached hydrogens (primary N) is 1. The Labute approximate surface area is 84.8 Å². The van der Waals surface area contributed by atoms with Crippen molar-refractivity contribution in [3.63, 3.8) is 0 Å². The number of carbonyl (C=O) groups excluding carboxylic acids is 1. The Kier molecular flexibility index (Phi) is 1.69. The van der Waals surface area contributed by atoms with E-state index in [0.717, 1.165) is 12.8 Å². The molecule has 1 saturated carbocycles. The van der Waals surface area contributed by atoms with E-state index in [-0.39, 0.29) is 5.66 Å². The molecule has 3 rings (SSSR count). The van der Waals surface area contributed by atoms with Crippen molar-refractivity contribution in [3.8, 4) is 0 Å². The minimum absolute atomic E-state index is 0.122. The molecule has 1 aliphatic carbocycles. The monoisotopic (exact) mass is 195 g/mol. The van der Waals surface area contributed by atoms with E-state index in [1.165, 1.54) is 25.7 Å². The molecule has 3 fully saturated rings. The van der Waals surface area contributed by atoms with Gasteiger partial charge in [-0.25, -0.2) is 0 Å². The van der Waals surface area contributed by atoms with Gasteiger partial charge in [0.15, 0.2) is 5.66 Å². The van der Waals surface area contributed by atoms with Gasteiger partial charge in [0, 0.05) is 26.2 Å². The molecule has 1 amide bonds. The lowest BCUT2D eigenvalue weighted by atomic mass is 9.91. The fraction of sp³-hybridized carbons (Fsp3) is 0.909. The summed E-state index contributed by atoms with van der Waals surface area (Å²) in [5.74, 6) is 0.401. The first-order chi connectivity index (χ1) is 6.71. The number of hydrogen-bond acceptors (Lipinski definition) is 1. The lowest BCUT2D eigenvalue weighted by Gasteiger charge is -2.28. The van der Waals surface area contributed by atoms with Crippen LogP contribution >= 0.6 is 0 Å². The summed E-state index contributed by atoms with van der Waals surface area (Å²) >= 11 is 0. The summed E-state index contributed by atoms with van der Waals surface area (Å²) in [6, 6.07) is 1.27. The van der Waals surface area contributed by atoms with Gasteiger partial charge in [-0.2, -0.15) is 0 Å². The van der Waals surface area contributed by atoms with Gasteiger partial charge in [0.2, 0.25) is 5.91 Å². The van der Waals surface area contributed by atoms with Crippen LogP contribution in [0.1, 0.15) is 45.4 Å². The van der Waals surface area contributed by atoms with Crippen LogP contribution in [0.5, 0.6) is 0 Å². The van der Waals surface area contributed by atoms with E-state index in [1.54, 1.807) is 0 Å². The number of quaternary nitrogens is 1. The van der Waals surface area contributed by atoms with E-state index >= 15 is 0 Å². The summed E-state index contributed by atoms with van der Waals surface area (Å²) in [5, 5.41) is 2.47. The van der Waals surface area contributed by atoms with Crippen molar-refractivity contribution in [2.24, 2.45) is 0 Å². The Morgan fingerprint density at radius 3 is 3.07 bits per heavy atom. The molecule has 78 valence electrons. The Morgan fingerprint density at radius 2 is 2.21 bits per heavy atom. The second-order valence-electron chi connectivity index (χ2n) is 5.30. The van der Waals surface area contributed by atoms with Crippen LogP contribution in [-0.4, -0.2) is 28.6 Å². The lowest BCUT2D eigenvalue weighted by Crippen LogP contribution is -2.98. The number of carbonyl (C=O) groups is 1. The van der Waals surface area contributed by atoms with E-state index in [9.17, 15) is 4.79 Å². The molecular weight excluding hydrogens is 176 g/mol. The molecule has 0 aromatic heterocycles. The van der Waals surface area contributed by atoms with Gasteiger partial charge in [-0.1, -0.05) is 6.42 Å². The van der Waals surface area contributed by atoms with Crippen LogP contribution in [0.2, 0.25) is 0 Å². The number of fused-ring (bicyclic) bond motifs is 3. The van der Waals surface area contributed by atoms with Crippen molar-refractivity contribution in [2.75, 3.05) is 0 Å². The minimum Gasteiger partial charge on any atom is -0.320 e. The molecule has 3 nitrogen and oxygen atoms in total. The van der Waals surface area contributed by atoms with Gasteiger partial charge in [-0.15, -0.1) is 0 Å². The van der Waals surface area contributed by atoms with Gasteiger partial charge in [-0.3, -0.25) is 9.69 Å². The van der Waals surface area contributed by atoms with Crippen molar-refractivity contribution in [1.29, 1.82) is 0 Å². The second kappa shape index (κ2) is 2.72. The molecule has 3 heteroatoms. The third-order valence-corrected chi connectivity index (χ3v) is 4.35. The van der Waals surface area contributed by atoms with Crippen LogP contribution in [0.4, 0.5) is 0 Å². The zero-order chi connectivity index (χ0) is 9.76. The predicted molar refractivity (Wildman–Crippen MR) is 52.5 cm³/mol. The highest BCUT2D eigenvalue weighted by molar-refractivity contribution is 5.79. The molecule has 2 saturated heterocycles. The fourth-order valence-corrected chi connectivity index (χ4v) is 3.73. The summed E-state index contributed by atoms with van der Waals surface area (Å²) in [4.78, 5) is 14.0. The summed E-state index contributed by atoms with van der Waals surface area (Å²) in [6.07, 6.45) is 7.05. The molecule has 2 N–H and O–H groups in total. The molecule has 0 aromatic carbocycles. The van der Waals surface area contributed by atoms with Gasteiger partial charge >= 0.3 is 0 Å². The first kappa shape index (κ1) is 8.72. The Morgan fingerprint density at radius 1 is 1.43 bits per heavy atom. The average Bonchev–Trinajstić information content (AvgIpc) is 2.60. The van der Waals surface area contributed by atoms with E-state index in [2.05, 4.69) is 17.1 Å². The highest BCUT2D eigenvalue weighted by Crippen LogP contribution is 2.36. The van der Waals surface area contributed by atoms with Crippen molar-refractivity contribution >= 4 is 5.91 Å². The Hall–Kier alpha value is -0.570. The zero-order valence-corrected chi connectivity index (χ0v) is 8.83. The highest BCUT2D eigenvalue weighted by atomic mass is 16.2. The zero-order valence-electron chi connectivity index (χ0n) is 8.83. The molecule has 14 heavy (non-hydrogen) atoms. The molecular formula is C11H19N2O+. The van der Waals surface area contributed by atoms with Crippen LogP contribution < -0.4 is 5.32 Å². The van der Waals surface area contributed by atoms with Gasteiger partial charge in [0.1, 0.15) is 6.04 Å². The number of amides is 1. The molecule has 2 heterocycles. The quantitative estimate of drug-likeness (QED) is 0.589. The molecule has 0 aromatic rings. The molecule has 0 bridgehead atoms. The van der Waals surface area contributed by atoms with E-state index in [4.69, 9.17) is 0 Å². The summed E-state index contributed by atoms with van der Waals surface area (Å²) in [7, 11) is 0. The molecule has 0 radical (unpaired) electrons. The maximum Gasteiger partial charge on any atom is 0.228 e. The topological polar surface area (TPSA) is 36.9 Å². The van der Waals surface area contributed by atoms with E-state index in [0.29, 0.717) is 18.0 Å². The highest BCUT2D eigenvalue weighted by Gasteiger charge is 2.58. The minimum atomic E-state index is 0.122. The third kappa shape index (κ3) is 0.991. The summed E-state index contributed by atoms with van der Waals surface area (Å²) in [6.45, 7) is 2.25. The van der Waals surface area contributed by atoms with E-state index in [1.807, 2.05) is 0 Å². The first-order valence-electron chi connectivity index (χ1n) is 5.89. The second-order valence-corrected chi connectivity index (χ2v) is 5.30. The lowest BCUT2D eigenvalue weighted by molar-refractivity contribution is -0.742. The van der Waals surface area contributed by atoms with Crippen molar-refractivity contribution in [3.05, 3.63) is 0 Å². The maximum absolute atomic E-state index is 11.8. The number of hydrogen-bond donors (Lipinski definition) is 1. The third-order valence-electron chi connectivity index (χ3n) is 4.35. The molecule has 0 spiro atoms. The molecule has 0 unspecified atom stereocenters. The van der Waals surface area contributed by atoms with Gasteiger partial charge < -0.3 is 5.32 Å². The fourth-order valence-electron chi connectivity index (χ4n) is 3.73. The van der Waals surface area contributed by atoms with Crippen LogP contribution in [0.25, 0.3) is 0 Å². The Balaban J connectivity index is 1.92. The summed E-state index contributed by atoms with van der Waals surface area (Å²) in [5.41, 5.74) is 0.122. The van der Waals surface area contributed by atoms with Crippen LogP contribution in [0.15, 0.2) is 0 Å². The summed E-state index contributed by atoms with van der Waals surface area (Å²) < 4.78 is 0. The molecule has 3 atom stereocenters. The molecule has 3 aliphatic rings. The van der Waals surface area contributed by atoms with Crippen molar-refractivity contribution in [1.82, 2.24) is 4.90 Å². The first-order valence-corrected chi connectivity index (χ1v) is 5.89. The number of rotatable bonds is 0. The standard InChI is InChI=1S/C11H18N2O/c1-11-7-6-10(14)13(11)9-5-3-2-4-8(9)12-11/h8-9,12H,2-7H2,1H3/p+1/t8-,9-,11+/m0/s1. The van der Waals surface area contributed by atoms with Gasteiger partial charge in [-0.05, 0) is 12.8 Å². The van der Waals surface area contributed by atoms with Gasteiger partial charge in [0.25, 0.3) is 0 Å². The van der Waals surface area contributed by atoms with Crippen molar-refractivity contribution in [2.45, 2.75) is 63.2 Å². The maximum atomic E-state index is 11.8. The average molecular weight is 195 g/mol.